The van der Waals surface area contributed by atoms with Crippen LogP contribution in [0.3, 0.4) is 0 Å². The van der Waals surface area contributed by atoms with Gasteiger partial charge in [-0.3, -0.25) is 0 Å². The number of rotatable bonds is 5. The van der Waals surface area contributed by atoms with Crippen molar-refractivity contribution >= 4 is 11.7 Å². The first-order chi connectivity index (χ1) is 7.20. The van der Waals surface area contributed by atoms with Crippen LogP contribution in [-0.2, 0) is 16.1 Å². The van der Waals surface area contributed by atoms with Crippen molar-refractivity contribution in [3.63, 3.8) is 0 Å². The van der Waals surface area contributed by atoms with Crippen LogP contribution in [0.4, 0.5) is 0 Å². The summed E-state index contributed by atoms with van der Waals surface area (Å²) in [7, 11) is 0. The zero-order valence-corrected chi connectivity index (χ0v) is 8.51. The van der Waals surface area contributed by atoms with Gasteiger partial charge >= 0.3 is 5.97 Å². The van der Waals surface area contributed by atoms with E-state index in [9.17, 15) is 4.79 Å². The molecule has 0 radical (unpaired) electrons. The third-order valence-electron chi connectivity index (χ3n) is 1.84. The molecule has 0 heterocycles. The van der Waals surface area contributed by atoms with E-state index in [-0.39, 0.29) is 5.71 Å². The van der Waals surface area contributed by atoms with E-state index >= 15 is 0 Å². The molecule has 0 amide bonds. The molecule has 1 N–H and O–H groups in total. The van der Waals surface area contributed by atoms with Crippen LogP contribution < -0.4 is 0 Å². The monoisotopic (exact) mass is 207 g/mol. The summed E-state index contributed by atoms with van der Waals surface area (Å²) < 4.78 is 0. The second kappa shape index (κ2) is 5.80. The average Bonchev–Trinajstić information content (AvgIpc) is 2.25. The standard InChI is InChI=1S/C11H13NO3/c1-9(11(13)14)12-15-8-7-10-5-3-2-4-6-10/h2-6H,7-8H2,1H3,(H,13,14)/b12-9-. The van der Waals surface area contributed by atoms with Crippen LogP contribution in [-0.4, -0.2) is 23.4 Å². The molecule has 0 aliphatic rings. The fourth-order valence-corrected chi connectivity index (χ4v) is 0.990. The van der Waals surface area contributed by atoms with Crippen LogP contribution in [0, 0.1) is 0 Å². The van der Waals surface area contributed by atoms with Crippen LogP contribution in [0.25, 0.3) is 0 Å². The molecule has 0 bridgehead atoms. The summed E-state index contributed by atoms with van der Waals surface area (Å²) in [6.45, 7) is 1.78. The lowest BCUT2D eigenvalue weighted by molar-refractivity contribution is -0.129. The van der Waals surface area contributed by atoms with Gasteiger partial charge in [0, 0.05) is 6.42 Å². The molecule has 0 aliphatic carbocycles. The molecule has 0 aromatic heterocycles. The van der Waals surface area contributed by atoms with Crippen molar-refractivity contribution in [3.8, 4) is 0 Å². The highest BCUT2D eigenvalue weighted by molar-refractivity contribution is 6.34. The lowest BCUT2D eigenvalue weighted by atomic mass is 10.2. The molecule has 1 aromatic rings. The van der Waals surface area contributed by atoms with Crippen molar-refractivity contribution in [1.29, 1.82) is 0 Å². The zero-order chi connectivity index (χ0) is 11.1. The van der Waals surface area contributed by atoms with Gasteiger partial charge in [-0.25, -0.2) is 4.79 Å². The lowest BCUT2D eigenvalue weighted by Crippen LogP contribution is -2.09. The van der Waals surface area contributed by atoms with Gasteiger partial charge in [0.25, 0.3) is 0 Å². The van der Waals surface area contributed by atoms with E-state index in [0.29, 0.717) is 6.61 Å². The molecule has 4 nitrogen and oxygen atoms in total. The van der Waals surface area contributed by atoms with Crippen molar-refractivity contribution < 1.29 is 14.7 Å². The predicted octanol–water partition coefficient (Wildman–Crippen LogP) is 1.71. The Morgan fingerprint density at radius 2 is 2.07 bits per heavy atom. The molecule has 0 fully saturated rings. The van der Waals surface area contributed by atoms with Crippen LogP contribution >= 0.6 is 0 Å². The quantitative estimate of drug-likeness (QED) is 0.454. The molecule has 15 heavy (non-hydrogen) atoms. The molecule has 0 saturated heterocycles. The topological polar surface area (TPSA) is 58.9 Å². The van der Waals surface area contributed by atoms with Crippen molar-refractivity contribution in [2.75, 3.05) is 6.61 Å². The zero-order valence-electron chi connectivity index (χ0n) is 8.51. The molecule has 0 atom stereocenters. The molecular formula is C11H13NO3. The Kier molecular flexibility index (Phi) is 4.34. The Bertz CT molecular complexity index is 346. The summed E-state index contributed by atoms with van der Waals surface area (Å²) in [6, 6.07) is 9.80. The maximum atomic E-state index is 10.4. The molecule has 0 saturated carbocycles. The highest BCUT2D eigenvalue weighted by atomic mass is 16.6. The maximum Gasteiger partial charge on any atom is 0.353 e. The fourth-order valence-electron chi connectivity index (χ4n) is 0.990. The molecule has 0 aliphatic heterocycles. The van der Waals surface area contributed by atoms with E-state index < -0.39 is 5.97 Å². The second-order valence-corrected chi connectivity index (χ2v) is 3.05. The number of oxime groups is 1. The largest absolute Gasteiger partial charge is 0.477 e. The van der Waals surface area contributed by atoms with Crippen LogP contribution in [0.15, 0.2) is 35.5 Å². The smallest absolute Gasteiger partial charge is 0.353 e. The molecule has 0 unspecified atom stereocenters. The third kappa shape index (κ3) is 4.26. The van der Waals surface area contributed by atoms with Crippen LogP contribution in [0.1, 0.15) is 12.5 Å². The maximum absolute atomic E-state index is 10.4. The van der Waals surface area contributed by atoms with Gasteiger partial charge in [-0.2, -0.15) is 0 Å². The summed E-state index contributed by atoms with van der Waals surface area (Å²) in [4.78, 5) is 15.2. The number of hydrogen-bond acceptors (Lipinski definition) is 3. The number of carboxylic acid groups (broad SMARTS) is 1. The van der Waals surface area contributed by atoms with Gasteiger partial charge in [0.05, 0.1) is 0 Å². The first kappa shape index (κ1) is 11.2. The summed E-state index contributed by atoms with van der Waals surface area (Å²) in [5, 5.41) is 11.9. The van der Waals surface area contributed by atoms with Crippen LogP contribution in [0.5, 0.6) is 0 Å². The molecule has 1 aromatic carbocycles. The molecule has 80 valence electrons. The normalized spacial score (nSPS) is 11.1. The van der Waals surface area contributed by atoms with Crippen molar-refractivity contribution in [3.05, 3.63) is 35.9 Å². The Morgan fingerprint density at radius 1 is 1.40 bits per heavy atom. The molecule has 1 rings (SSSR count). The summed E-state index contributed by atoms with van der Waals surface area (Å²) in [5.74, 6) is -1.06. The molecular weight excluding hydrogens is 194 g/mol. The van der Waals surface area contributed by atoms with E-state index in [0.717, 1.165) is 12.0 Å². The number of carboxylic acids is 1. The van der Waals surface area contributed by atoms with Gasteiger partial charge < -0.3 is 9.94 Å². The highest BCUT2D eigenvalue weighted by Gasteiger charge is 2.01. The van der Waals surface area contributed by atoms with Gasteiger partial charge in [0.2, 0.25) is 0 Å². The van der Waals surface area contributed by atoms with Gasteiger partial charge in [-0.15, -0.1) is 0 Å². The van der Waals surface area contributed by atoms with Gasteiger partial charge in [-0.05, 0) is 12.5 Å². The minimum absolute atomic E-state index is 0.0388. The summed E-state index contributed by atoms with van der Waals surface area (Å²) >= 11 is 0. The van der Waals surface area contributed by atoms with Crippen LogP contribution in [0.2, 0.25) is 0 Å². The first-order valence-electron chi connectivity index (χ1n) is 4.64. The first-order valence-corrected chi connectivity index (χ1v) is 4.64. The average molecular weight is 207 g/mol. The summed E-state index contributed by atoms with van der Waals surface area (Å²) in [6.07, 6.45) is 0.719. The third-order valence-corrected chi connectivity index (χ3v) is 1.84. The minimum Gasteiger partial charge on any atom is -0.477 e. The lowest BCUT2D eigenvalue weighted by Gasteiger charge is -2.00. The molecule has 0 spiro atoms. The Hall–Kier alpha value is -1.84. The van der Waals surface area contributed by atoms with Crippen molar-refractivity contribution in [1.82, 2.24) is 0 Å². The second-order valence-electron chi connectivity index (χ2n) is 3.05. The highest BCUT2D eigenvalue weighted by Crippen LogP contribution is 1.99. The van der Waals surface area contributed by atoms with Crippen molar-refractivity contribution in [2.24, 2.45) is 5.16 Å². The van der Waals surface area contributed by atoms with E-state index in [4.69, 9.17) is 9.94 Å². The summed E-state index contributed by atoms with van der Waals surface area (Å²) in [5.41, 5.74) is 1.10. The van der Waals surface area contributed by atoms with Gasteiger partial charge in [0.1, 0.15) is 6.61 Å². The number of nitrogens with zero attached hydrogens (tertiary/aromatic N) is 1. The number of aliphatic carboxylic acids is 1. The van der Waals surface area contributed by atoms with E-state index in [1.54, 1.807) is 0 Å². The van der Waals surface area contributed by atoms with E-state index in [2.05, 4.69) is 5.16 Å². The predicted molar refractivity (Wildman–Crippen MR) is 56.8 cm³/mol. The van der Waals surface area contributed by atoms with E-state index in [1.807, 2.05) is 30.3 Å². The van der Waals surface area contributed by atoms with Gasteiger partial charge in [0.15, 0.2) is 5.71 Å². The Balaban J connectivity index is 2.29. The molecule has 4 heteroatoms. The van der Waals surface area contributed by atoms with Gasteiger partial charge in [-0.1, -0.05) is 35.5 Å². The number of carbonyl (C=O) groups is 1. The van der Waals surface area contributed by atoms with Crippen molar-refractivity contribution in [2.45, 2.75) is 13.3 Å². The minimum atomic E-state index is -1.06. The Labute approximate surface area is 88.2 Å². The SMILES string of the molecule is C/C(=N/OCCc1ccccc1)C(=O)O. The fraction of sp³-hybridized carbons (Fsp3) is 0.273. The Morgan fingerprint density at radius 3 is 2.67 bits per heavy atom. The number of hydrogen-bond donors (Lipinski definition) is 1. The number of benzene rings is 1. The van der Waals surface area contributed by atoms with E-state index in [1.165, 1.54) is 6.92 Å².